The van der Waals surface area contributed by atoms with Crippen molar-refractivity contribution >= 4 is 16.7 Å². The molecular formula is C15H21N3O. The minimum absolute atomic E-state index is 0.144. The number of nitrogen functional groups attached to an aromatic ring is 1. The van der Waals surface area contributed by atoms with Crippen molar-refractivity contribution in [2.45, 2.75) is 39.3 Å². The van der Waals surface area contributed by atoms with Gasteiger partial charge in [-0.15, -0.1) is 0 Å². The predicted molar refractivity (Wildman–Crippen MR) is 77.0 cm³/mol. The van der Waals surface area contributed by atoms with Gasteiger partial charge < -0.3 is 15.0 Å². The summed E-state index contributed by atoms with van der Waals surface area (Å²) in [6, 6.07) is 6.36. The first-order valence-electron chi connectivity index (χ1n) is 6.87. The second-order valence-electron chi connectivity index (χ2n) is 5.92. The van der Waals surface area contributed by atoms with Crippen LogP contribution in [0.4, 0.5) is 5.69 Å². The second kappa shape index (κ2) is 4.23. The molecule has 102 valence electrons. The number of imidazole rings is 1. The Morgan fingerprint density at radius 3 is 2.95 bits per heavy atom. The molecule has 1 aromatic heterocycles. The van der Waals surface area contributed by atoms with Crippen molar-refractivity contribution in [1.82, 2.24) is 9.55 Å². The van der Waals surface area contributed by atoms with E-state index in [1.54, 1.807) is 0 Å². The van der Waals surface area contributed by atoms with E-state index in [-0.39, 0.29) is 5.41 Å². The topological polar surface area (TPSA) is 53.1 Å². The van der Waals surface area contributed by atoms with Crippen molar-refractivity contribution in [3.63, 3.8) is 0 Å². The molecule has 1 saturated carbocycles. The van der Waals surface area contributed by atoms with Crippen molar-refractivity contribution in [2.75, 3.05) is 12.3 Å². The lowest BCUT2D eigenvalue weighted by Gasteiger charge is -2.52. The molecule has 1 fully saturated rings. The molecule has 19 heavy (non-hydrogen) atoms. The molecule has 3 rings (SSSR count). The van der Waals surface area contributed by atoms with E-state index in [2.05, 4.69) is 36.4 Å². The summed E-state index contributed by atoms with van der Waals surface area (Å²) in [5, 5.41) is 0. The van der Waals surface area contributed by atoms with Crippen molar-refractivity contribution < 1.29 is 4.74 Å². The number of benzene rings is 1. The average molecular weight is 259 g/mol. The first-order valence-corrected chi connectivity index (χ1v) is 6.87. The minimum Gasteiger partial charge on any atom is -0.399 e. The number of nitrogens with two attached hydrogens (primary N) is 1. The third-order valence-corrected chi connectivity index (χ3v) is 4.43. The third-order valence-electron chi connectivity index (χ3n) is 4.43. The summed E-state index contributed by atoms with van der Waals surface area (Å²) in [6.07, 6.45) is 3.32. The van der Waals surface area contributed by atoms with Crippen molar-refractivity contribution in [3.8, 4) is 0 Å². The largest absolute Gasteiger partial charge is 0.399 e. The average Bonchev–Trinajstić information content (AvgIpc) is 2.76. The van der Waals surface area contributed by atoms with Gasteiger partial charge in [0.15, 0.2) is 0 Å². The van der Waals surface area contributed by atoms with Gasteiger partial charge in [0.25, 0.3) is 0 Å². The van der Waals surface area contributed by atoms with Crippen LogP contribution in [0.5, 0.6) is 0 Å². The van der Waals surface area contributed by atoms with Gasteiger partial charge in [-0.05, 0) is 31.5 Å². The lowest BCUT2D eigenvalue weighted by molar-refractivity contribution is -0.126. The summed E-state index contributed by atoms with van der Waals surface area (Å²) in [7, 11) is 0. The van der Waals surface area contributed by atoms with Crippen LogP contribution in [0, 0.1) is 5.41 Å². The van der Waals surface area contributed by atoms with Crippen molar-refractivity contribution in [2.24, 2.45) is 5.41 Å². The number of aromatic nitrogens is 2. The lowest BCUT2D eigenvalue weighted by Crippen LogP contribution is -2.51. The number of rotatable bonds is 3. The van der Waals surface area contributed by atoms with Crippen LogP contribution in [0.1, 0.15) is 33.2 Å². The van der Waals surface area contributed by atoms with Gasteiger partial charge in [0.05, 0.1) is 23.5 Å². The maximum absolute atomic E-state index is 5.80. The molecule has 4 heteroatoms. The van der Waals surface area contributed by atoms with Crippen LogP contribution < -0.4 is 5.73 Å². The maximum Gasteiger partial charge on any atom is 0.0961 e. The highest BCUT2D eigenvalue weighted by Crippen LogP contribution is 2.51. The molecule has 0 radical (unpaired) electrons. The van der Waals surface area contributed by atoms with Gasteiger partial charge in [-0.25, -0.2) is 4.98 Å². The molecule has 1 aromatic carbocycles. The molecule has 2 N–H and O–H groups in total. The van der Waals surface area contributed by atoms with Crippen LogP contribution in [0.3, 0.4) is 0 Å². The highest BCUT2D eigenvalue weighted by atomic mass is 16.5. The van der Waals surface area contributed by atoms with Crippen LogP contribution in [0.15, 0.2) is 24.5 Å². The summed E-state index contributed by atoms with van der Waals surface area (Å²) in [5.74, 6) is 0. The Kier molecular flexibility index (Phi) is 2.78. The van der Waals surface area contributed by atoms with Crippen LogP contribution >= 0.6 is 0 Å². The van der Waals surface area contributed by atoms with Gasteiger partial charge in [-0.1, -0.05) is 13.8 Å². The van der Waals surface area contributed by atoms with Gasteiger partial charge in [-0.2, -0.15) is 0 Å². The minimum atomic E-state index is 0.144. The normalized spacial score (nSPS) is 25.4. The van der Waals surface area contributed by atoms with E-state index in [4.69, 9.17) is 10.5 Å². The Labute approximate surface area is 113 Å². The molecule has 0 aliphatic heterocycles. The van der Waals surface area contributed by atoms with Crippen molar-refractivity contribution in [1.29, 1.82) is 0 Å². The van der Waals surface area contributed by atoms with Crippen LogP contribution in [-0.2, 0) is 4.74 Å². The van der Waals surface area contributed by atoms with Gasteiger partial charge in [0.1, 0.15) is 0 Å². The maximum atomic E-state index is 5.80. The molecule has 1 aliphatic carbocycles. The van der Waals surface area contributed by atoms with Gasteiger partial charge in [0.2, 0.25) is 0 Å². The standard InChI is InChI=1S/C15H21N3O/c1-4-19-14-8-13(15(14,2)3)18-9-17-11-7-10(16)5-6-12(11)18/h5-7,9,13-14H,4,8,16H2,1-3H3. The second-order valence-corrected chi connectivity index (χ2v) is 5.92. The molecule has 1 heterocycles. The van der Waals surface area contributed by atoms with Crippen LogP contribution in [0.25, 0.3) is 11.0 Å². The summed E-state index contributed by atoms with van der Waals surface area (Å²) >= 11 is 0. The number of hydrogen-bond donors (Lipinski definition) is 1. The molecule has 0 bridgehead atoms. The van der Waals surface area contributed by atoms with E-state index in [0.717, 1.165) is 29.7 Å². The van der Waals surface area contributed by atoms with Gasteiger partial charge >= 0.3 is 0 Å². The number of nitrogens with zero attached hydrogens (tertiary/aromatic N) is 2. The quantitative estimate of drug-likeness (QED) is 0.862. The molecule has 2 unspecified atom stereocenters. The molecule has 4 nitrogen and oxygen atoms in total. The van der Waals surface area contributed by atoms with E-state index in [1.165, 1.54) is 0 Å². The van der Waals surface area contributed by atoms with E-state index in [0.29, 0.717) is 12.1 Å². The zero-order valence-corrected chi connectivity index (χ0v) is 11.8. The molecule has 1 aliphatic rings. The van der Waals surface area contributed by atoms with Crippen LogP contribution in [-0.4, -0.2) is 22.3 Å². The Morgan fingerprint density at radius 2 is 2.26 bits per heavy atom. The number of ether oxygens (including phenoxy) is 1. The summed E-state index contributed by atoms with van der Waals surface area (Å²) in [5.41, 5.74) is 8.83. The van der Waals surface area contributed by atoms with E-state index in [1.807, 2.05) is 18.5 Å². The first kappa shape index (κ1) is 12.5. The van der Waals surface area contributed by atoms with Crippen molar-refractivity contribution in [3.05, 3.63) is 24.5 Å². The van der Waals surface area contributed by atoms with E-state index < -0.39 is 0 Å². The smallest absolute Gasteiger partial charge is 0.0961 e. The summed E-state index contributed by atoms with van der Waals surface area (Å²) in [4.78, 5) is 4.46. The van der Waals surface area contributed by atoms with E-state index in [9.17, 15) is 0 Å². The Morgan fingerprint density at radius 1 is 1.47 bits per heavy atom. The SMILES string of the molecule is CCOC1CC(n2cnc3cc(N)ccc32)C1(C)C. The van der Waals surface area contributed by atoms with E-state index >= 15 is 0 Å². The number of anilines is 1. The zero-order chi connectivity index (χ0) is 13.6. The van der Waals surface area contributed by atoms with Gasteiger partial charge in [0, 0.05) is 23.8 Å². The fourth-order valence-corrected chi connectivity index (χ4v) is 3.12. The Bertz CT molecular complexity index is 602. The lowest BCUT2D eigenvalue weighted by atomic mass is 9.64. The fraction of sp³-hybridized carbons (Fsp3) is 0.533. The summed E-state index contributed by atoms with van der Waals surface area (Å²) in [6.45, 7) is 7.37. The predicted octanol–water partition coefficient (Wildman–Crippen LogP) is 2.99. The summed E-state index contributed by atoms with van der Waals surface area (Å²) < 4.78 is 8.07. The molecule has 0 saturated heterocycles. The Balaban J connectivity index is 1.94. The molecular weight excluding hydrogens is 238 g/mol. The molecule has 0 spiro atoms. The number of fused-ring (bicyclic) bond motifs is 1. The third kappa shape index (κ3) is 1.82. The highest BCUT2D eigenvalue weighted by molar-refractivity contribution is 5.79. The number of hydrogen-bond acceptors (Lipinski definition) is 3. The van der Waals surface area contributed by atoms with Gasteiger partial charge in [-0.3, -0.25) is 0 Å². The Hall–Kier alpha value is -1.55. The molecule has 0 amide bonds. The molecule has 2 aromatic rings. The zero-order valence-electron chi connectivity index (χ0n) is 11.8. The van der Waals surface area contributed by atoms with Crippen LogP contribution in [0.2, 0.25) is 0 Å². The fourth-order valence-electron chi connectivity index (χ4n) is 3.12. The molecule has 2 atom stereocenters. The first-order chi connectivity index (χ1) is 9.04. The monoisotopic (exact) mass is 259 g/mol. The highest BCUT2D eigenvalue weighted by Gasteiger charge is 2.50.